The molecule has 6 nitrogen and oxygen atoms in total. The summed E-state index contributed by atoms with van der Waals surface area (Å²) >= 11 is 0. The lowest BCUT2D eigenvalue weighted by atomic mass is 10.2. The first kappa shape index (κ1) is 14.3. The molecule has 0 amide bonds. The van der Waals surface area contributed by atoms with Gasteiger partial charge in [-0.2, -0.15) is 0 Å². The predicted octanol–water partition coefficient (Wildman–Crippen LogP) is 2.29. The maximum atomic E-state index is 5.46. The molecule has 0 aromatic carbocycles. The first-order valence-electron chi connectivity index (χ1n) is 6.68. The van der Waals surface area contributed by atoms with Crippen molar-refractivity contribution in [2.45, 2.75) is 33.5 Å². The molecule has 0 spiro atoms. The van der Waals surface area contributed by atoms with E-state index in [2.05, 4.69) is 25.3 Å². The Bertz CT molecular complexity index is 542. The monoisotopic (exact) mass is 273 g/mol. The molecule has 0 saturated carbocycles. The molecule has 0 atom stereocenters. The lowest BCUT2D eigenvalue weighted by molar-refractivity contribution is 0.0613. The van der Waals surface area contributed by atoms with Crippen LogP contribution in [0.15, 0.2) is 24.8 Å². The third-order valence-corrected chi connectivity index (χ3v) is 2.57. The molecule has 106 valence electrons. The summed E-state index contributed by atoms with van der Waals surface area (Å²) in [6.07, 6.45) is 5.21. The van der Waals surface area contributed by atoms with Gasteiger partial charge in [-0.3, -0.25) is 0 Å². The van der Waals surface area contributed by atoms with Gasteiger partial charge in [0.1, 0.15) is 18.8 Å². The molecule has 2 rings (SSSR count). The number of anilines is 1. The number of rotatable bonds is 6. The molecule has 0 aliphatic carbocycles. The fourth-order valence-electron chi connectivity index (χ4n) is 1.60. The molecule has 2 aromatic rings. The molecule has 0 fully saturated rings. The van der Waals surface area contributed by atoms with Gasteiger partial charge in [0.25, 0.3) is 0 Å². The van der Waals surface area contributed by atoms with Crippen LogP contribution in [-0.2, 0) is 11.3 Å². The molecule has 2 heterocycles. The van der Waals surface area contributed by atoms with Crippen molar-refractivity contribution in [3.63, 3.8) is 0 Å². The second-order valence-electron chi connectivity index (χ2n) is 4.57. The summed E-state index contributed by atoms with van der Waals surface area (Å²) in [5, 5.41) is 3.15. The van der Waals surface area contributed by atoms with Crippen LogP contribution >= 0.6 is 0 Å². The van der Waals surface area contributed by atoms with Gasteiger partial charge in [0.05, 0.1) is 11.8 Å². The Morgan fingerprint density at radius 2 is 1.90 bits per heavy atom. The second-order valence-corrected chi connectivity index (χ2v) is 4.57. The Morgan fingerprint density at radius 1 is 1.15 bits per heavy atom. The van der Waals surface area contributed by atoms with E-state index in [1.165, 1.54) is 6.33 Å². The van der Waals surface area contributed by atoms with Gasteiger partial charge in [-0.25, -0.2) is 19.9 Å². The van der Waals surface area contributed by atoms with E-state index in [0.717, 1.165) is 23.6 Å². The Balaban J connectivity index is 2.11. The van der Waals surface area contributed by atoms with E-state index < -0.39 is 0 Å². The van der Waals surface area contributed by atoms with Crippen molar-refractivity contribution in [1.82, 2.24) is 19.9 Å². The summed E-state index contributed by atoms with van der Waals surface area (Å²) in [6.45, 7) is 7.23. The average Bonchev–Trinajstić information content (AvgIpc) is 2.46. The predicted molar refractivity (Wildman–Crippen MR) is 77.1 cm³/mol. The zero-order valence-corrected chi connectivity index (χ0v) is 12.0. The molecule has 2 aromatic heterocycles. The van der Waals surface area contributed by atoms with Crippen LogP contribution in [0.5, 0.6) is 0 Å². The smallest absolute Gasteiger partial charge is 0.153 e. The summed E-state index contributed by atoms with van der Waals surface area (Å²) in [4.78, 5) is 16.9. The van der Waals surface area contributed by atoms with E-state index in [-0.39, 0.29) is 6.10 Å². The van der Waals surface area contributed by atoms with Crippen molar-refractivity contribution in [2.24, 2.45) is 0 Å². The first-order valence-corrected chi connectivity index (χ1v) is 6.68. The third kappa shape index (κ3) is 3.96. The van der Waals surface area contributed by atoms with Gasteiger partial charge in [0.15, 0.2) is 5.82 Å². The minimum absolute atomic E-state index is 0.169. The van der Waals surface area contributed by atoms with Crippen molar-refractivity contribution in [3.05, 3.63) is 30.6 Å². The van der Waals surface area contributed by atoms with Crippen LogP contribution in [0.25, 0.3) is 11.3 Å². The molecular formula is C14H19N5O. The molecule has 0 aliphatic rings. The maximum Gasteiger partial charge on any atom is 0.153 e. The second kappa shape index (κ2) is 6.91. The van der Waals surface area contributed by atoms with Crippen LogP contribution in [-0.4, -0.2) is 32.6 Å². The van der Waals surface area contributed by atoms with Crippen molar-refractivity contribution in [3.8, 4) is 11.3 Å². The molecule has 20 heavy (non-hydrogen) atoms. The van der Waals surface area contributed by atoms with E-state index in [1.807, 2.05) is 26.8 Å². The lowest BCUT2D eigenvalue weighted by Gasteiger charge is -2.07. The number of ether oxygens (including phenoxy) is 1. The Morgan fingerprint density at radius 3 is 2.55 bits per heavy atom. The number of hydrogen-bond acceptors (Lipinski definition) is 6. The van der Waals surface area contributed by atoms with E-state index in [4.69, 9.17) is 4.74 Å². The van der Waals surface area contributed by atoms with E-state index >= 15 is 0 Å². The highest BCUT2D eigenvalue weighted by Gasteiger charge is 2.04. The number of nitrogens with one attached hydrogen (secondary N) is 1. The van der Waals surface area contributed by atoms with Crippen molar-refractivity contribution >= 4 is 5.82 Å². The van der Waals surface area contributed by atoms with Gasteiger partial charge in [0.2, 0.25) is 0 Å². The fourth-order valence-corrected chi connectivity index (χ4v) is 1.60. The first-order chi connectivity index (χ1) is 9.69. The zero-order chi connectivity index (χ0) is 14.4. The largest absolute Gasteiger partial charge is 0.371 e. The average molecular weight is 273 g/mol. The normalized spacial score (nSPS) is 10.8. The van der Waals surface area contributed by atoms with Gasteiger partial charge in [-0.15, -0.1) is 0 Å². The SMILES string of the molecule is CCNc1cc(-c2cnc(COC(C)C)nc2)ncn1. The van der Waals surface area contributed by atoms with E-state index in [9.17, 15) is 0 Å². The van der Waals surface area contributed by atoms with Crippen LogP contribution in [0.2, 0.25) is 0 Å². The summed E-state index contributed by atoms with van der Waals surface area (Å²) in [5.74, 6) is 1.47. The standard InChI is InChI=1S/C14H19N5O/c1-4-15-13-5-12(18-9-19-13)11-6-16-14(17-7-11)8-20-10(2)3/h5-7,9-10H,4,8H2,1-3H3,(H,15,18,19). The molecule has 0 bridgehead atoms. The van der Waals surface area contributed by atoms with Crippen molar-refractivity contribution in [1.29, 1.82) is 0 Å². The van der Waals surface area contributed by atoms with Crippen LogP contribution in [0, 0.1) is 0 Å². The number of hydrogen-bond donors (Lipinski definition) is 1. The Labute approximate surface area is 118 Å². The molecule has 0 radical (unpaired) electrons. The molecule has 0 unspecified atom stereocenters. The van der Waals surface area contributed by atoms with Crippen molar-refractivity contribution in [2.75, 3.05) is 11.9 Å². The number of nitrogens with zero attached hydrogens (tertiary/aromatic N) is 4. The summed E-state index contributed by atoms with van der Waals surface area (Å²) < 4.78 is 5.46. The lowest BCUT2D eigenvalue weighted by Crippen LogP contribution is -2.05. The molecule has 1 N–H and O–H groups in total. The van der Waals surface area contributed by atoms with Crippen LogP contribution in [0.3, 0.4) is 0 Å². The molecule has 6 heteroatoms. The van der Waals surface area contributed by atoms with Crippen LogP contribution in [0.4, 0.5) is 5.82 Å². The van der Waals surface area contributed by atoms with Gasteiger partial charge in [-0.05, 0) is 20.8 Å². The quantitative estimate of drug-likeness (QED) is 0.870. The molecule has 0 saturated heterocycles. The summed E-state index contributed by atoms with van der Waals surface area (Å²) in [6, 6.07) is 1.88. The highest BCUT2D eigenvalue weighted by Crippen LogP contribution is 2.17. The van der Waals surface area contributed by atoms with Crippen LogP contribution < -0.4 is 5.32 Å². The van der Waals surface area contributed by atoms with Crippen LogP contribution in [0.1, 0.15) is 26.6 Å². The third-order valence-electron chi connectivity index (χ3n) is 2.57. The summed E-state index contributed by atoms with van der Waals surface area (Å²) in [7, 11) is 0. The highest BCUT2D eigenvalue weighted by molar-refractivity contribution is 5.60. The molecular weight excluding hydrogens is 254 g/mol. The van der Waals surface area contributed by atoms with Gasteiger partial charge in [0, 0.05) is 30.6 Å². The number of aromatic nitrogens is 4. The minimum atomic E-state index is 0.169. The van der Waals surface area contributed by atoms with E-state index in [1.54, 1.807) is 12.4 Å². The van der Waals surface area contributed by atoms with Gasteiger partial charge >= 0.3 is 0 Å². The maximum absolute atomic E-state index is 5.46. The van der Waals surface area contributed by atoms with Gasteiger partial charge < -0.3 is 10.1 Å². The van der Waals surface area contributed by atoms with E-state index in [0.29, 0.717) is 12.4 Å². The molecule has 0 aliphatic heterocycles. The topological polar surface area (TPSA) is 72.8 Å². The highest BCUT2D eigenvalue weighted by atomic mass is 16.5. The van der Waals surface area contributed by atoms with Crippen molar-refractivity contribution < 1.29 is 4.74 Å². The fraction of sp³-hybridized carbons (Fsp3) is 0.429. The Hall–Kier alpha value is -2.08. The zero-order valence-electron chi connectivity index (χ0n) is 12.0. The minimum Gasteiger partial charge on any atom is -0.371 e. The summed E-state index contributed by atoms with van der Waals surface area (Å²) in [5.41, 5.74) is 1.66. The van der Waals surface area contributed by atoms with Gasteiger partial charge in [-0.1, -0.05) is 0 Å². The Kier molecular flexibility index (Phi) is 4.95.